The number of nitrogens with two attached hydrogens (primary N) is 1. The summed E-state index contributed by atoms with van der Waals surface area (Å²) >= 11 is 5.97. The number of nitrogens with zero attached hydrogens (tertiary/aromatic N) is 2. The molecule has 0 fully saturated rings. The average Bonchev–Trinajstić information content (AvgIpc) is 2.47. The first kappa shape index (κ1) is 10.1. The fourth-order valence-corrected chi connectivity index (χ4v) is 1.53. The van der Waals surface area contributed by atoms with Gasteiger partial charge in [0.15, 0.2) is 0 Å². The number of rotatable bonds is 1. The van der Waals surface area contributed by atoms with Crippen LogP contribution in [0.25, 0.3) is 5.69 Å². The molecule has 0 aliphatic carbocycles. The lowest BCUT2D eigenvalue weighted by Crippen LogP contribution is -2.01. The van der Waals surface area contributed by atoms with Crippen LogP contribution in [-0.4, -0.2) is 9.78 Å². The van der Waals surface area contributed by atoms with E-state index in [1.165, 1.54) is 5.56 Å². The molecule has 0 saturated heterocycles. The molecule has 0 bridgehead atoms. The minimum Gasteiger partial charge on any atom is -0.382 e. The van der Waals surface area contributed by atoms with Gasteiger partial charge in [-0.15, -0.1) is 0 Å². The first-order chi connectivity index (χ1) is 7.09. The predicted octanol–water partition coefficient (Wildman–Crippen LogP) is 2.72. The smallest absolute Gasteiger partial charge is 0.146 e. The van der Waals surface area contributed by atoms with Gasteiger partial charge in [0.2, 0.25) is 0 Å². The quantitative estimate of drug-likeness (QED) is 0.805. The van der Waals surface area contributed by atoms with Crippen LogP contribution in [0.4, 0.5) is 5.82 Å². The van der Waals surface area contributed by atoms with E-state index >= 15 is 0 Å². The van der Waals surface area contributed by atoms with Crippen molar-refractivity contribution < 1.29 is 0 Å². The molecule has 2 N–H and O–H groups in total. The number of aromatic nitrogens is 2. The normalized spacial score (nSPS) is 10.6. The van der Waals surface area contributed by atoms with Crippen LogP contribution in [0.3, 0.4) is 0 Å². The molecule has 3 nitrogen and oxygen atoms in total. The molecule has 15 heavy (non-hydrogen) atoms. The average molecular weight is 222 g/mol. The minimum atomic E-state index is 0.484. The minimum absolute atomic E-state index is 0.484. The molecule has 0 radical (unpaired) electrons. The Hall–Kier alpha value is -1.48. The van der Waals surface area contributed by atoms with Crippen molar-refractivity contribution in [1.82, 2.24) is 9.78 Å². The lowest BCUT2D eigenvalue weighted by Gasteiger charge is -2.03. The third-order valence-electron chi connectivity index (χ3n) is 2.30. The van der Waals surface area contributed by atoms with E-state index in [4.69, 9.17) is 17.3 Å². The highest BCUT2D eigenvalue weighted by Crippen LogP contribution is 2.25. The Morgan fingerprint density at radius 2 is 1.80 bits per heavy atom. The second kappa shape index (κ2) is 3.59. The van der Waals surface area contributed by atoms with Crippen molar-refractivity contribution in [1.29, 1.82) is 0 Å². The van der Waals surface area contributed by atoms with E-state index in [9.17, 15) is 0 Å². The van der Waals surface area contributed by atoms with Crippen LogP contribution in [0.2, 0.25) is 5.02 Å². The maximum atomic E-state index is 5.97. The number of hydrogen-bond acceptors (Lipinski definition) is 2. The largest absolute Gasteiger partial charge is 0.382 e. The molecule has 0 aliphatic rings. The van der Waals surface area contributed by atoms with Gasteiger partial charge in [0, 0.05) is 0 Å². The second-order valence-electron chi connectivity index (χ2n) is 3.53. The highest BCUT2D eigenvalue weighted by atomic mass is 35.5. The topological polar surface area (TPSA) is 43.8 Å². The van der Waals surface area contributed by atoms with Gasteiger partial charge in [0.05, 0.1) is 11.4 Å². The number of hydrogen-bond donors (Lipinski definition) is 1. The van der Waals surface area contributed by atoms with Crippen LogP contribution >= 0.6 is 11.6 Å². The summed E-state index contributed by atoms with van der Waals surface area (Å²) in [4.78, 5) is 0. The van der Waals surface area contributed by atoms with Gasteiger partial charge in [0.25, 0.3) is 0 Å². The van der Waals surface area contributed by atoms with E-state index in [1.807, 2.05) is 38.1 Å². The van der Waals surface area contributed by atoms with E-state index in [2.05, 4.69) is 5.10 Å². The van der Waals surface area contributed by atoms with Crippen LogP contribution in [0.5, 0.6) is 0 Å². The van der Waals surface area contributed by atoms with E-state index in [0.29, 0.717) is 10.8 Å². The number of anilines is 1. The zero-order valence-corrected chi connectivity index (χ0v) is 9.42. The van der Waals surface area contributed by atoms with Crippen molar-refractivity contribution in [3.63, 3.8) is 0 Å². The van der Waals surface area contributed by atoms with Gasteiger partial charge >= 0.3 is 0 Å². The Kier molecular flexibility index (Phi) is 2.40. The number of nitrogen functional groups attached to an aromatic ring is 1. The van der Waals surface area contributed by atoms with Crippen molar-refractivity contribution in [2.45, 2.75) is 13.8 Å². The molecule has 0 saturated carbocycles. The summed E-state index contributed by atoms with van der Waals surface area (Å²) in [5, 5.41) is 4.79. The highest BCUT2D eigenvalue weighted by Gasteiger charge is 2.10. The Labute approximate surface area is 93.5 Å². The summed E-state index contributed by atoms with van der Waals surface area (Å²) in [6.45, 7) is 3.87. The second-order valence-corrected chi connectivity index (χ2v) is 3.91. The summed E-state index contributed by atoms with van der Waals surface area (Å²) in [6.07, 6.45) is 0. The molecule has 2 rings (SSSR count). The number of aryl methyl sites for hydroxylation is 2. The Morgan fingerprint density at radius 1 is 1.20 bits per heavy atom. The van der Waals surface area contributed by atoms with Crippen LogP contribution < -0.4 is 5.73 Å². The van der Waals surface area contributed by atoms with Crippen LogP contribution in [-0.2, 0) is 0 Å². The lowest BCUT2D eigenvalue weighted by atomic mass is 10.2. The molecular formula is C11H12ClN3. The number of halogens is 1. The first-order valence-electron chi connectivity index (χ1n) is 4.67. The van der Waals surface area contributed by atoms with Crippen molar-refractivity contribution in [2.75, 3.05) is 5.73 Å². The van der Waals surface area contributed by atoms with E-state index < -0.39 is 0 Å². The van der Waals surface area contributed by atoms with Gasteiger partial charge in [-0.25, -0.2) is 4.68 Å². The molecule has 78 valence electrons. The lowest BCUT2D eigenvalue weighted by molar-refractivity contribution is 0.871. The molecule has 0 atom stereocenters. The summed E-state index contributed by atoms with van der Waals surface area (Å²) in [5.74, 6) is 0.484. The van der Waals surface area contributed by atoms with Gasteiger partial charge in [-0.2, -0.15) is 5.10 Å². The third-order valence-corrected chi connectivity index (χ3v) is 2.77. The van der Waals surface area contributed by atoms with Gasteiger partial charge in [0.1, 0.15) is 10.8 Å². The standard InChI is InChI=1S/C11H12ClN3/c1-7-3-5-9(6-4-7)15-11(13)10(12)8(2)14-15/h3-6H,13H2,1-2H3. The van der Waals surface area contributed by atoms with E-state index in [-0.39, 0.29) is 0 Å². The molecule has 2 aromatic rings. The first-order valence-corrected chi connectivity index (χ1v) is 5.05. The van der Waals surface area contributed by atoms with Crippen molar-refractivity contribution >= 4 is 17.4 Å². The molecule has 1 aromatic carbocycles. The van der Waals surface area contributed by atoms with Gasteiger partial charge < -0.3 is 5.73 Å². The highest BCUT2D eigenvalue weighted by molar-refractivity contribution is 6.33. The maximum Gasteiger partial charge on any atom is 0.146 e. The SMILES string of the molecule is Cc1ccc(-n2nc(C)c(Cl)c2N)cc1. The summed E-state index contributed by atoms with van der Waals surface area (Å²) in [5.41, 5.74) is 8.71. The van der Waals surface area contributed by atoms with Crippen LogP contribution in [0.1, 0.15) is 11.3 Å². The monoisotopic (exact) mass is 221 g/mol. The predicted molar refractivity (Wildman–Crippen MR) is 62.5 cm³/mol. The summed E-state index contributed by atoms with van der Waals surface area (Å²) < 4.78 is 1.65. The van der Waals surface area contributed by atoms with Crippen molar-refractivity contribution in [3.8, 4) is 5.69 Å². The van der Waals surface area contributed by atoms with E-state index in [1.54, 1.807) is 4.68 Å². The molecule has 4 heteroatoms. The van der Waals surface area contributed by atoms with Crippen LogP contribution in [0, 0.1) is 13.8 Å². The maximum absolute atomic E-state index is 5.97. The molecule has 0 unspecified atom stereocenters. The van der Waals surface area contributed by atoms with Crippen molar-refractivity contribution in [3.05, 3.63) is 40.5 Å². The zero-order chi connectivity index (χ0) is 11.0. The fraction of sp³-hybridized carbons (Fsp3) is 0.182. The Morgan fingerprint density at radius 3 is 2.27 bits per heavy atom. The molecule has 1 heterocycles. The molecule has 0 amide bonds. The molecular weight excluding hydrogens is 210 g/mol. The van der Waals surface area contributed by atoms with Crippen molar-refractivity contribution in [2.24, 2.45) is 0 Å². The molecule has 1 aromatic heterocycles. The number of benzene rings is 1. The van der Waals surface area contributed by atoms with Gasteiger partial charge in [-0.05, 0) is 26.0 Å². The summed E-state index contributed by atoms with van der Waals surface area (Å²) in [6, 6.07) is 7.96. The molecule has 0 aliphatic heterocycles. The molecule has 0 spiro atoms. The Balaban J connectivity index is 2.54. The van der Waals surface area contributed by atoms with E-state index in [0.717, 1.165) is 11.4 Å². The zero-order valence-electron chi connectivity index (χ0n) is 8.66. The van der Waals surface area contributed by atoms with Crippen LogP contribution in [0.15, 0.2) is 24.3 Å². The summed E-state index contributed by atoms with van der Waals surface area (Å²) in [7, 11) is 0. The third kappa shape index (κ3) is 1.70. The Bertz CT molecular complexity index is 485. The van der Waals surface area contributed by atoms with Gasteiger partial charge in [-0.1, -0.05) is 29.3 Å². The fourth-order valence-electron chi connectivity index (χ4n) is 1.41. The van der Waals surface area contributed by atoms with Gasteiger partial charge in [-0.3, -0.25) is 0 Å².